The molecule has 1 fully saturated rings. The molecule has 0 spiro atoms. The Balaban J connectivity index is 1.81. The summed E-state index contributed by atoms with van der Waals surface area (Å²) in [6, 6.07) is 8.08. The Morgan fingerprint density at radius 1 is 1.53 bits per heavy atom. The minimum atomic E-state index is 0.180. The van der Waals surface area contributed by atoms with Crippen molar-refractivity contribution in [1.82, 2.24) is 5.32 Å². The van der Waals surface area contributed by atoms with E-state index in [2.05, 4.69) is 18.3 Å². The second kappa shape index (κ2) is 5.14. The molecule has 1 saturated heterocycles. The molecule has 82 valence electrons. The van der Waals surface area contributed by atoms with E-state index < -0.39 is 0 Å². The summed E-state index contributed by atoms with van der Waals surface area (Å²) in [4.78, 5) is 0. The molecule has 0 bridgehead atoms. The quantitative estimate of drug-likeness (QED) is 0.812. The van der Waals surface area contributed by atoms with Crippen LogP contribution < -0.4 is 10.1 Å². The zero-order valence-corrected chi connectivity index (χ0v) is 9.03. The molecule has 1 unspecified atom stereocenters. The predicted octanol–water partition coefficient (Wildman–Crippen LogP) is 1.36. The molecule has 0 radical (unpaired) electrons. The van der Waals surface area contributed by atoms with Crippen molar-refractivity contribution in [2.75, 3.05) is 26.3 Å². The highest BCUT2D eigenvalue weighted by Gasteiger charge is 2.13. The Morgan fingerprint density at radius 2 is 2.47 bits per heavy atom. The third-order valence-electron chi connectivity index (χ3n) is 2.43. The monoisotopic (exact) mass is 207 g/mol. The van der Waals surface area contributed by atoms with E-state index in [1.54, 1.807) is 0 Å². The van der Waals surface area contributed by atoms with Crippen LogP contribution in [0.5, 0.6) is 5.75 Å². The number of ether oxygens (including phenoxy) is 2. The first-order chi connectivity index (χ1) is 7.34. The lowest BCUT2D eigenvalue weighted by atomic mass is 10.2. The number of benzene rings is 1. The third kappa shape index (κ3) is 3.22. The summed E-state index contributed by atoms with van der Waals surface area (Å²) >= 11 is 0. The summed E-state index contributed by atoms with van der Waals surface area (Å²) in [7, 11) is 0. The molecule has 1 atom stereocenters. The average Bonchev–Trinajstić information content (AvgIpc) is 2.28. The van der Waals surface area contributed by atoms with Gasteiger partial charge in [-0.1, -0.05) is 12.1 Å². The highest BCUT2D eigenvalue weighted by molar-refractivity contribution is 5.27. The lowest BCUT2D eigenvalue weighted by molar-refractivity contribution is 0.000185. The van der Waals surface area contributed by atoms with Crippen LogP contribution in [0.4, 0.5) is 0 Å². The van der Waals surface area contributed by atoms with Gasteiger partial charge in [-0.3, -0.25) is 0 Å². The van der Waals surface area contributed by atoms with E-state index >= 15 is 0 Å². The molecule has 15 heavy (non-hydrogen) atoms. The fourth-order valence-electron chi connectivity index (χ4n) is 1.62. The largest absolute Gasteiger partial charge is 0.491 e. The average molecular weight is 207 g/mol. The van der Waals surface area contributed by atoms with Gasteiger partial charge in [0.05, 0.1) is 6.61 Å². The molecule has 3 heteroatoms. The van der Waals surface area contributed by atoms with Crippen molar-refractivity contribution >= 4 is 0 Å². The molecule has 1 aliphatic heterocycles. The number of nitrogens with one attached hydrogen (secondary N) is 1. The van der Waals surface area contributed by atoms with E-state index in [-0.39, 0.29) is 6.10 Å². The molecule has 1 aromatic rings. The molecule has 0 saturated carbocycles. The Hall–Kier alpha value is -1.06. The number of hydrogen-bond acceptors (Lipinski definition) is 3. The minimum Gasteiger partial charge on any atom is -0.491 e. The van der Waals surface area contributed by atoms with E-state index in [4.69, 9.17) is 9.47 Å². The highest BCUT2D eigenvalue weighted by Crippen LogP contribution is 2.13. The smallest absolute Gasteiger partial charge is 0.119 e. The third-order valence-corrected chi connectivity index (χ3v) is 2.43. The van der Waals surface area contributed by atoms with Crippen LogP contribution in [0, 0.1) is 6.92 Å². The SMILES string of the molecule is Cc1cccc(OCC2CNCCO2)c1. The number of morpholine rings is 1. The van der Waals surface area contributed by atoms with E-state index in [1.165, 1.54) is 5.56 Å². The van der Waals surface area contributed by atoms with E-state index in [9.17, 15) is 0 Å². The van der Waals surface area contributed by atoms with Gasteiger partial charge in [0.2, 0.25) is 0 Å². The van der Waals surface area contributed by atoms with Gasteiger partial charge in [-0.25, -0.2) is 0 Å². The molecule has 0 aliphatic carbocycles. The number of aryl methyl sites for hydroxylation is 1. The molecule has 3 nitrogen and oxygen atoms in total. The normalized spacial score (nSPS) is 21.3. The molecule has 1 aliphatic rings. The second-order valence-corrected chi connectivity index (χ2v) is 3.82. The first-order valence-corrected chi connectivity index (χ1v) is 5.36. The van der Waals surface area contributed by atoms with Gasteiger partial charge in [-0.15, -0.1) is 0 Å². The lowest BCUT2D eigenvalue weighted by Crippen LogP contribution is -2.41. The minimum absolute atomic E-state index is 0.180. The molecule has 0 aromatic heterocycles. The van der Waals surface area contributed by atoms with Crippen LogP contribution in [0.2, 0.25) is 0 Å². The molecular weight excluding hydrogens is 190 g/mol. The summed E-state index contributed by atoms with van der Waals surface area (Å²) in [5.74, 6) is 0.921. The molecule has 1 N–H and O–H groups in total. The van der Waals surface area contributed by atoms with Crippen molar-refractivity contribution in [2.24, 2.45) is 0 Å². The maximum absolute atomic E-state index is 5.66. The van der Waals surface area contributed by atoms with Gasteiger partial charge in [0.25, 0.3) is 0 Å². The van der Waals surface area contributed by atoms with Gasteiger partial charge < -0.3 is 14.8 Å². The zero-order chi connectivity index (χ0) is 10.5. The molecule has 2 rings (SSSR count). The van der Waals surface area contributed by atoms with Crippen molar-refractivity contribution in [3.63, 3.8) is 0 Å². The molecule has 1 heterocycles. The van der Waals surface area contributed by atoms with Crippen molar-refractivity contribution in [2.45, 2.75) is 13.0 Å². The standard InChI is InChI=1S/C12H17NO2/c1-10-3-2-4-11(7-10)15-9-12-8-13-5-6-14-12/h2-4,7,12-13H,5-6,8-9H2,1H3. The summed E-state index contributed by atoms with van der Waals surface area (Å²) in [6.45, 7) is 5.29. The van der Waals surface area contributed by atoms with Gasteiger partial charge in [-0.05, 0) is 24.6 Å². The fourth-order valence-corrected chi connectivity index (χ4v) is 1.62. The van der Waals surface area contributed by atoms with Crippen LogP contribution in [0.3, 0.4) is 0 Å². The Bertz CT molecular complexity index is 308. The van der Waals surface area contributed by atoms with Crippen LogP contribution in [0.15, 0.2) is 24.3 Å². The summed E-state index contributed by atoms with van der Waals surface area (Å²) in [5, 5.41) is 3.28. The molecular formula is C12H17NO2. The van der Waals surface area contributed by atoms with Crippen molar-refractivity contribution in [3.8, 4) is 5.75 Å². The van der Waals surface area contributed by atoms with Gasteiger partial charge >= 0.3 is 0 Å². The fraction of sp³-hybridized carbons (Fsp3) is 0.500. The maximum atomic E-state index is 5.66. The molecule has 1 aromatic carbocycles. The van der Waals surface area contributed by atoms with E-state index in [1.807, 2.05) is 18.2 Å². The van der Waals surface area contributed by atoms with Crippen LogP contribution >= 0.6 is 0 Å². The predicted molar refractivity (Wildman–Crippen MR) is 59.3 cm³/mol. The van der Waals surface area contributed by atoms with Crippen LogP contribution in [0.1, 0.15) is 5.56 Å². The molecule has 0 amide bonds. The Labute approximate surface area is 90.4 Å². The first kappa shape index (κ1) is 10.5. The van der Waals surface area contributed by atoms with Crippen LogP contribution in [0.25, 0.3) is 0 Å². The van der Waals surface area contributed by atoms with E-state index in [0.717, 1.165) is 25.4 Å². The lowest BCUT2D eigenvalue weighted by Gasteiger charge is -2.23. The maximum Gasteiger partial charge on any atom is 0.119 e. The van der Waals surface area contributed by atoms with Crippen molar-refractivity contribution in [3.05, 3.63) is 29.8 Å². The Kier molecular flexibility index (Phi) is 3.59. The highest BCUT2D eigenvalue weighted by atomic mass is 16.5. The number of hydrogen-bond donors (Lipinski definition) is 1. The zero-order valence-electron chi connectivity index (χ0n) is 9.03. The van der Waals surface area contributed by atoms with Crippen molar-refractivity contribution < 1.29 is 9.47 Å². The number of rotatable bonds is 3. The van der Waals surface area contributed by atoms with Gasteiger partial charge in [-0.2, -0.15) is 0 Å². The van der Waals surface area contributed by atoms with Gasteiger partial charge in [0.15, 0.2) is 0 Å². The van der Waals surface area contributed by atoms with Crippen LogP contribution in [-0.4, -0.2) is 32.4 Å². The van der Waals surface area contributed by atoms with E-state index in [0.29, 0.717) is 6.61 Å². The topological polar surface area (TPSA) is 30.5 Å². The summed E-state index contributed by atoms with van der Waals surface area (Å²) in [6.07, 6.45) is 0.180. The first-order valence-electron chi connectivity index (χ1n) is 5.36. The summed E-state index contributed by atoms with van der Waals surface area (Å²) < 4.78 is 11.2. The van der Waals surface area contributed by atoms with Gasteiger partial charge in [0.1, 0.15) is 18.5 Å². The second-order valence-electron chi connectivity index (χ2n) is 3.82. The van der Waals surface area contributed by atoms with Crippen LogP contribution in [-0.2, 0) is 4.74 Å². The Morgan fingerprint density at radius 3 is 3.20 bits per heavy atom. The van der Waals surface area contributed by atoms with Crippen molar-refractivity contribution in [1.29, 1.82) is 0 Å². The summed E-state index contributed by atoms with van der Waals surface area (Å²) in [5.41, 5.74) is 1.22. The van der Waals surface area contributed by atoms with Gasteiger partial charge in [0, 0.05) is 13.1 Å².